The molecule has 9 nitrogen and oxygen atoms in total. The highest BCUT2D eigenvalue weighted by Crippen LogP contribution is 2.32. The van der Waals surface area contributed by atoms with Gasteiger partial charge < -0.3 is 25.8 Å². The summed E-state index contributed by atoms with van der Waals surface area (Å²) < 4.78 is 45.7. The SMILES string of the molecule is CCC(=O)N[C@H](Cc1ccc(NC(=O)[C@@H](NC(=O)C(F)(F)c2ccc(C)cc2)C2CCCCC2)c(F)c1)C(=O)N1CCN(C)CC1. The summed E-state index contributed by atoms with van der Waals surface area (Å²) >= 11 is 0. The van der Waals surface area contributed by atoms with E-state index in [2.05, 4.69) is 20.9 Å². The number of halogens is 3. The van der Waals surface area contributed by atoms with Gasteiger partial charge in [0.2, 0.25) is 17.7 Å². The third kappa shape index (κ3) is 8.86. The first kappa shape index (κ1) is 34.9. The average Bonchev–Trinajstić information content (AvgIpc) is 3.04. The van der Waals surface area contributed by atoms with E-state index in [0.717, 1.165) is 24.8 Å². The Balaban J connectivity index is 1.48. The number of nitrogens with one attached hydrogen (secondary N) is 3. The Bertz CT molecular complexity index is 1390. The maximum atomic E-state index is 15.4. The molecule has 0 aromatic heterocycles. The van der Waals surface area contributed by atoms with Gasteiger partial charge in [0.05, 0.1) is 5.69 Å². The first-order valence-corrected chi connectivity index (χ1v) is 16.0. The highest BCUT2D eigenvalue weighted by molar-refractivity contribution is 5.98. The Morgan fingerprint density at radius 1 is 0.935 bits per heavy atom. The third-order valence-electron chi connectivity index (χ3n) is 8.89. The summed E-state index contributed by atoms with van der Waals surface area (Å²) in [6.45, 7) is 5.86. The molecule has 2 aromatic rings. The molecule has 4 amide bonds. The van der Waals surface area contributed by atoms with Gasteiger partial charge in [0.1, 0.15) is 17.9 Å². The fourth-order valence-electron chi connectivity index (χ4n) is 5.97. The van der Waals surface area contributed by atoms with Crippen LogP contribution in [0.4, 0.5) is 18.9 Å². The van der Waals surface area contributed by atoms with Crippen molar-refractivity contribution >= 4 is 29.3 Å². The summed E-state index contributed by atoms with van der Waals surface area (Å²) in [6.07, 6.45) is 3.84. The van der Waals surface area contributed by atoms with Gasteiger partial charge in [-0.05, 0) is 50.4 Å². The van der Waals surface area contributed by atoms with Gasteiger partial charge in [-0.3, -0.25) is 19.2 Å². The van der Waals surface area contributed by atoms with E-state index in [1.165, 1.54) is 36.4 Å². The van der Waals surface area contributed by atoms with Crippen molar-refractivity contribution in [2.75, 3.05) is 38.5 Å². The van der Waals surface area contributed by atoms with Crippen LogP contribution in [0.1, 0.15) is 62.1 Å². The molecule has 0 bridgehead atoms. The van der Waals surface area contributed by atoms with E-state index < -0.39 is 47.1 Å². The lowest BCUT2D eigenvalue weighted by atomic mass is 9.83. The predicted octanol–water partition coefficient (Wildman–Crippen LogP) is 4.14. The van der Waals surface area contributed by atoms with Crippen LogP contribution in [0.2, 0.25) is 0 Å². The number of alkyl halides is 2. The third-order valence-corrected chi connectivity index (χ3v) is 8.89. The molecule has 250 valence electrons. The van der Waals surface area contributed by atoms with Crippen molar-refractivity contribution in [1.29, 1.82) is 0 Å². The molecule has 2 aliphatic rings. The molecule has 2 atom stereocenters. The quantitative estimate of drug-likeness (QED) is 0.341. The zero-order chi connectivity index (χ0) is 33.4. The number of nitrogens with zero attached hydrogens (tertiary/aromatic N) is 2. The molecule has 1 aliphatic carbocycles. The number of hydrogen-bond donors (Lipinski definition) is 3. The smallest absolute Gasteiger partial charge is 0.344 e. The lowest BCUT2D eigenvalue weighted by Crippen LogP contribution is -2.54. The molecule has 0 spiro atoms. The summed E-state index contributed by atoms with van der Waals surface area (Å²) in [4.78, 5) is 55.7. The van der Waals surface area contributed by atoms with Crippen LogP contribution < -0.4 is 16.0 Å². The molecule has 2 fully saturated rings. The van der Waals surface area contributed by atoms with Crippen LogP contribution in [0.25, 0.3) is 0 Å². The van der Waals surface area contributed by atoms with Crippen LogP contribution in [0, 0.1) is 18.7 Å². The van der Waals surface area contributed by atoms with Crippen molar-refractivity contribution in [1.82, 2.24) is 20.4 Å². The minimum absolute atomic E-state index is 0.0386. The van der Waals surface area contributed by atoms with Crippen LogP contribution in [0.5, 0.6) is 0 Å². The van der Waals surface area contributed by atoms with E-state index in [0.29, 0.717) is 44.6 Å². The number of benzene rings is 2. The predicted molar refractivity (Wildman–Crippen MR) is 169 cm³/mol. The minimum Gasteiger partial charge on any atom is -0.344 e. The molecule has 1 saturated carbocycles. The molecule has 0 radical (unpaired) electrons. The molecule has 46 heavy (non-hydrogen) atoms. The molecule has 12 heteroatoms. The number of carbonyl (C=O) groups is 4. The van der Waals surface area contributed by atoms with Crippen molar-refractivity contribution in [3.8, 4) is 0 Å². The van der Waals surface area contributed by atoms with Crippen molar-refractivity contribution < 1.29 is 32.3 Å². The maximum Gasteiger partial charge on any atom is 0.349 e. The maximum absolute atomic E-state index is 15.4. The molecule has 1 heterocycles. The van der Waals surface area contributed by atoms with Gasteiger partial charge >= 0.3 is 5.92 Å². The van der Waals surface area contributed by atoms with E-state index in [1.54, 1.807) is 24.8 Å². The van der Waals surface area contributed by atoms with E-state index in [1.807, 2.05) is 7.05 Å². The largest absolute Gasteiger partial charge is 0.349 e. The number of amides is 4. The highest BCUT2D eigenvalue weighted by atomic mass is 19.3. The molecule has 1 aliphatic heterocycles. The summed E-state index contributed by atoms with van der Waals surface area (Å²) in [7, 11) is 1.97. The Hall–Kier alpha value is -3.93. The summed E-state index contributed by atoms with van der Waals surface area (Å²) in [5, 5.41) is 7.52. The molecular formula is C34H44F3N5O4. The summed E-state index contributed by atoms with van der Waals surface area (Å²) in [5.74, 6) is -8.00. The zero-order valence-corrected chi connectivity index (χ0v) is 26.7. The van der Waals surface area contributed by atoms with Crippen LogP contribution in [0.15, 0.2) is 42.5 Å². The molecule has 3 N–H and O–H groups in total. The fraction of sp³-hybridized carbons (Fsp3) is 0.529. The van der Waals surface area contributed by atoms with Gasteiger partial charge in [0.25, 0.3) is 5.91 Å². The lowest BCUT2D eigenvalue weighted by molar-refractivity contribution is -0.149. The number of anilines is 1. The van der Waals surface area contributed by atoms with E-state index in [-0.39, 0.29) is 30.3 Å². The van der Waals surface area contributed by atoms with Crippen molar-refractivity contribution in [3.63, 3.8) is 0 Å². The van der Waals surface area contributed by atoms with Gasteiger partial charge in [-0.25, -0.2) is 4.39 Å². The molecular weight excluding hydrogens is 599 g/mol. The Kier molecular flexibility index (Phi) is 11.8. The number of aryl methyl sites for hydroxylation is 1. The first-order chi connectivity index (χ1) is 21.9. The van der Waals surface area contributed by atoms with Crippen molar-refractivity contribution in [2.24, 2.45) is 5.92 Å². The molecule has 4 rings (SSSR count). The second-order valence-electron chi connectivity index (χ2n) is 12.4. The number of piperazine rings is 1. The number of carbonyl (C=O) groups excluding carboxylic acids is 4. The van der Waals surface area contributed by atoms with Gasteiger partial charge in [0, 0.05) is 44.6 Å². The average molecular weight is 644 g/mol. The fourth-order valence-corrected chi connectivity index (χ4v) is 5.97. The Morgan fingerprint density at radius 2 is 1.59 bits per heavy atom. The topological polar surface area (TPSA) is 111 Å². The van der Waals surface area contributed by atoms with E-state index in [9.17, 15) is 19.2 Å². The lowest BCUT2D eigenvalue weighted by Gasteiger charge is -2.34. The highest BCUT2D eigenvalue weighted by Gasteiger charge is 2.44. The zero-order valence-electron chi connectivity index (χ0n) is 26.7. The number of likely N-dealkylation sites (N-methyl/N-ethyl adjacent to an activating group) is 1. The summed E-state index contributed by atoms with van der Waals surface area (Å²) in [6, 6.07) is 7.19. The van der Waals surface area contributed by atoms with Gasteiger partial charge in [-0.2, -0.15) is 8.78 Å². The van der Waals surface area contributed by atoms with Crippen LogP contribution >= 0.6 is 0 Å². The van der Waals surface area contributed by atoms with Gasteiger partial charge in [-0.1, -0.05) is 62.1 Å². The van der Waals surface area contributed by atoms with Crippen molar-refractivity contribution in [3.05, 3.63) is 65.0 Å². The number of rotatable bonds is 11. The van der Waals surface area contributed by atoms with Crippen LogP contribution in [-0.4, -0.2) is 78.7 Å². The monoisotopic (exact) mass is 643 g/mol. The second kappa shape index (κ2) is 15.6. The molecule has 1 saturated heterocycles. The summed E-state index contributed by atoms with van der Waals surface area (Å²) in [5.41, 5.74) is 0.512. The van der Waals surface area contributed by atoms with Gasteiger partial charge in [0.15, 0.2) is 0 Å². The van der Waals surface area contributed by atoms with E-state index in [4.69, 9.17) is 0 Å². The molecule has 0 unspecified atom stereocenters. The second-order valence-corrected chi connectivity index (χ2v) is 12.4. The van der Waals surface area contributed by atoms with Crippen LogP contribution in [0.3, 0.4) is 0 Å². The Morgan fingerprint density at radius 3 is 2.20 bits per heavy atom. The first-order valence-electron chi connectivity index (χ1n) is 16.0. The Labute approximate surface area is 268 Å². The molecule has 2 aromatic carbocycles. The van der Waals surface area contributed by atoms with E-state index >= 15 is 13.2 Å². The van der Waals surface area contributed by atoms with Crippen molar-refractivity contribution in [2.45, 2.75) is 76.8 Å². The van der Waals surface area contributed by atoms with Gasteiger partial charge in [-0.15, -0.1) is 0 Å². The normalized spacial score (nSPS) is 17.6. The van der Waals surface area contributed by atoms with Crippen LogP contribution in [-0.2, 0) is 31.5 Å². The standard InChI is InChI=1S/C34H44F3N5O4/c1-4-29(43)38-28(32(45)42-18-16-41(3)17-19-42)21-23-12-15-27(26(35)20-23)39-31(44)30(24-8-6-5-7-9-24)40-33(46)34(36,37)25-13-10-22(2)11-14-25/h10-15,20,24,28,30H,4-9,16-19,21H2,1-3H3,(H,38,43)(H,39,44)(H,40,46)/t28-,30+/m1/s1. The minimum atomic E-state index is -3.88. The number of hydrogen-bond acceptors (Lipinski definition) is 5.